The molecule has 40 heavy (non-hydrogen) atoms. The van der Waals surface area contributed by atoms with Gasteiger partial charge in [0.25, 0.3) is 0 Å². The third-order valence-corrected chi connectivity index (χ3v) is 7.43. The van der Waals surface area contributed by atoms with E-state index < -0.39 is 16.6 Å². The lowest BCUT2D eigenvalue weighted by molar-refractivity contribution is -0.115. The molecule has 1 atom stereocenters. The van der Waals surface area contributed by atoms with Crippen LogP contribution in [-0.2, 0) is 27.6 Å². The topological polar surface area (TPSA) is 112 Å². The molecule has 0 aliphatic rings. The van der Waals surface area contributed by atoms with E-state index in [0.717, 1.165) is 0 Å². The Balaban J connectivity index is 1.36. The number of nitrogens with zero attached hydrogens (tertiary/aromatic N) is 5. The van der Waals surface area contributed by atoms with Crippen molar-refractivity contribution in [1.82, 2.24) is 25.0 Å². The van der Waals surface area contributed by atoms with Crippen molar-refractivity contribution in [3.8, 4) is 11.5 Å². The summed E-state index contributed by atoms with van der Waals surface area (Å²) in [5.74, 6) is -0.491. The molecule has 5 rings (SSSR count). The van der Waals surface area contributed by atoms with Crippen LogP contribution >= 0.6 is 0 Å². The van der Waals surface area contributed by atoms with Crippen molar-refractivity contribution in [2.45, 2.75) is 49.4 Å². The number of hydrogen-bond acceptors (Lipinski definition) is 7. The van der Waals surface area contributed by atoms with Crippen molar-refractivity contribution in [1.29, 1.82) is 0 Å². The maximum Gasteiger partial charge on any atom is 0.228 e. The summed E-state index contributed by atoms with van der Waals surface area (Å²) in [5, 5.41) is 15.2. The molecule has 204 valence electrons. The van der Waals surface area contributed by atoms with Gasteiger partial charge in [-0.05, 0) is 75.2 Å². The SMILES string of the molecule is Cc1cc(CC(=O)Nc2cnn(C(C)(C)C)c2)cc(F)c1Oc1ccnc2ccc(S(=O)c3ccnnc3)cc12. The van der Waals surface area contributed by atoms with Gasteiger partial charge in [0.1, 0.15) is 5.75 Å². The molecule has 0 aliphatic carbocycles. The number of carbonyl (C=O) groups is 1. The molecule has 9 nitrogen and oxygen atoms in total. The second kappa shape index (κ2) is 10.9. The van der Waals surface area contributed by atoms with Gasteiger partial charge in [-0.25, -0.2) is 8.60 Å². The summed E-state index contributed by atoms with van der Waals surface area (Å²) in [4.78, 5) is 18.0. The monoisotopic (exact) mass is 558 g/mol. The average Bonchev–Trinajstić information content (AvgIpc) is 3.39. The third kappa shape index (κ3) is 5.89. The molecular formula is C29H27FN6O3S. The van der Waals surface area contributed by atoms with Gasteiger partial charge >= 0.3 is 0 Å². The molecule has 11 heteroatoms. The van der Waals surface area contributed by atoms with Crippen LogP contribution in [0.5, 0.6) is 11.5 Å². The van der Waals surface area contributed by atoms with E-state index in [4.69, 9.17) is 4.74 Å². The normalized spacial score (nSPS) is 12.3. The van der Waals surface area contributed by atoms with E-state index in [1.54, 1.807) is 66.6 Å². The van der Waals surface area contributed by atoms with Gasteiger partial charge in [-0.2, -0.15) is 15.3 Å². The highest BCUT2D eigenvalue weighted by molar-refractivity contribution is 7.85. The quantitative estimate of drug-likeness (QED) is 0.278. The predicted molar refractivity (Wildman–Crippen MR) is 149 cm³/mol. The molecule has 1 unspecified atom stereocenters. The lowest BCUT2D eigenvalue weighted by Gasteiger charge is -2.18. The zero-order valence-electron chi connectivity index (χ0n) is 22.4. The summed E-state index contributed by atoms with van der Waals surface area (Å²) in [6, 6.07) is 11.4. The summed E-state index contributed by atoms with van der Waals surface area (Å²) in [6.07, 6.45) is 7.81. The number of rotatable bonds is 7. The number of amides is 1. The van der Waals surface area contributed by atoms with Gasteiger partial charge in [-0.15, -0.1) is 0 Å². The van der Waals surface area contributed by atoms with Crippen LogP contribution in [0.25, 0.3) is 10.9 Å². The minimum atomic E-state index is -1.50. The predicted octanol–water partition coefficient (Wildman–Crippen LogP) is 5.56. The van der Waals surface area contributed by atoms with Crippen molar-refractivity contribution in [2.75, 3.05) is 5.32 Å². The van der Waals surface area contributed by atoms with Crippen molar-refractivity contribution >= 4 is 33.3 Å². The highest BCUT2D eigenvalue weighted by atomic mass is 32.2. The Hall–Kier alpha value is -4.51. The molecule has 0 spiro atoms. The molecular weight excluding hydrogens is 531 g/mol. The summed E-state index contributed by atoms with van der Waals surface area (Å²) >= 11 is 0. The number of fused-ring (bicyclic) bond motifs is 1. The summed E-state index contributed by atoms with van der Waals surface area (Å²) in [6.45, 7) is 7.74. The minimum Gasteiger partial charge on any atom is -0.453 e. The van der Waals surface area contributed by atoms with Crippen LogP contribution in [0.3, 0.4) is 0 Å². The molecule has 0 radical (unpaired) electrons. The first-order valence-corrected chi connectivity index (χ1v) is 13.6. The molecule has 5 aromatic rings. The summed E-state index contributed by atoms with van der Waals surface area (Å²) in [5.41, 5.74) is 1.99. The van der Waals surface area contributed by atoms with Gasteiger partial charge in [0, 0.05) is 22.7 Å². The van der Waals surface area contributed by atoms with E-state index >= 15 is 4.39 Å². The first-order chi connectivity index (χ1) is 19.1. The highest BCUT2D eigenvalue weighted by Crippen LogP contribution is 2.34. The van der Waals surface area contributed by atoms with Crippen LogP contribution in [0.1, 0.15) is 31.9 Å². The molecule has 0 saturated heterocycles. The molecule has 0 bridgehead atoms. The van der Waals surface area contributed by atoms with Gasteiger partial charge in [0.05, 0.1) is 57.4 Å². The first kappa shape index (κ1) is 27.1. The van der Waals surface area contributed by atoms with Crippen LogP contribution in [0.4, 0.5) is 10.1 Å². The van der Waals surface area contributed by atoms with E-state index in [1.165, 1.54) is 18.5 Å². The van der Waals surface area contributed by atoms with Gasteiger partial charge in [-0.3, -0.25) is 14.5 Å². The summed E-state index contributed by atoms with van der Waals surface area (Å²) < 4.78 is 36.1. The smallest absolute Gasteiger partial charge is 0.228 e. The van der Waals surface area contributed by atoms with E-state index in [1.807, 2.05) is 20.8 Å². The standard InChI is InChI=1S/C29H27FN6O3S/c1-18-11-19(13-27(37)35-20-15-34-36(17-20)29(2,3)4)12-24(30)28(18)39-26-8-9-31-25-6-5-21(14-23(25)26)40(38)22-7-10-32-33-16-22/h5-12,14-17H,13H2,1-4H3,(H,35,37). The number of pyridine rings is 1. The van der Waals surface area contributed by atoms with Crippen molar-refractivity contribution in [3.63, 3.8) is 0 Å². The van der Waals surface area contributed by atoms with E-state index in [0.29, 0.717) is 43.3 Å². The van der Waals surface area contributed by atoms with Gasteiger partial charge < -0.3 is 10.1 Å². The van der Waals surface area contributed by atoms with Crippen molar-refractivity contribution in [3.05, 3.63) is 90.4 Å². The number of hydrogen-bond donors (Lipinski definition) is 1. The number of ether oxygens (including phenoxy) is 1. The zero-order chi connectivity index (χ0) is 28.4. The van der Waals surface area contributed by atoms with E-state index in [2.05, 4.69) is 25.6 Å². The Labute approximate surface area is 232 Å². The maximum atomic E-state index is 15.3. The number of aryl methyl sites for hydroxylation is 1. The Morgan fingerprint density at radius 3 is 2.58 bits per heavy atom. The second-order valence-electron chi connectivity index (χ2n) is 10.2. The maximum absolute atomic E-state index is 15.3. The molecule has 2 aromatic carbocycles. The Kier molecular flexibility index (Phi) is 7.40. The Bertz CT molecular complexity index is 1710. The molecule has 1 N–H and O–H groups in total. The number of anilines is 1. The van der Waals surface area contributed by atoms with Crippen molar-refractivity contribution in [2.24, 2.45) is 0 Å². The highest BCUT2D eigenvalue weighted by Gasteiger charge is 2.18. The lowest BCUT2D eigenvalue weighted by atomic mass is 10.1. The molecule has 0 fully saturated rings. The Morgan fingerprint density at radius 1 is 1.05 bits per heavy atom. The molecule has 3 heterocycles. The van der Waals surface area contributed by atoms with E-state index in [9.17, 15) is 9.00 Å². The fourth-order valence-electron chi connectivity index (χ4n) is 4.12. The molecule has 0 saturated carbocycles. The number of carbonyl (C=O) groups excluding carboxylic acids is 1. The second-order valence-corrected chi connectivity index (χ2v) is 11.7. The average molecular weight is 559 g/mol. The third-order valence-electron chi connectivity index (χ3n) is 6.08. The minimum absolute atomic E-state index is 0.0179. The number of halogens is 1. The van der Waals surface area contributed by atoms with Crippen LogP contribution in [0, 0.1) is 12.7 Å². The van der Waals surface area contributed by atoms with Gasteiger partial charge in [0.15, 0.2) is 11.6 Å². The lowest BCUT2D eigenvalue weighted by Crippen LogP contribution is -2.22. The van der Waals surface area contributed by atoms with Crippen LogP contribution in [0.2, 0.25) is 0 Å². The summed E-state index contributed by atoms with van der Waals surface area (Å²) in [7, 11) is -1.50. The van der Waals surface area contributed by atoms with E-state index in [-0.39, 0.29) is 23.6 Å². The molecule has 1 amide bonds. The van der Waals surface area contributed by atoms with Gasteiger partial charge in [-0.1, -0.05) is 6.07 Å². The first-order valence-electron chi connectivity index (χ1n) is 12.5. The van der Waals surface area contributed by atoms with Crippen LogP contribution in [0.15, 0.2) is 83.2 Å². The van der Waals surface area contributed by atoms with Crippen LogP contribution in [-0.4, -0.2) is 35.1 Å². The number of aromatic nitrogens is 5. The largest absolute Gasteiger partial charge is 0.453 e. The zero-order valence-corrected chi connectivity index (χ0v) is 23.2. The van der Waals surface area contributed by atoms with Crippen LogP contribution < -0.4 is 10.1 Å². The molecule has 0 aliphatic heterocycles. The number of benzene rings is 2. The fourth-order valence-corrected chi connectivity index (χ4v) is 5.13. The number of nitrogens with one attached hydrogen (secondary N) is 1. The fraction of sp³-hybridized carbons (Fsp3) is 0.207. The molecule has 3 aromatic heterocycles. The van der Waals surface area contributed by atoms with Crippen molar-refractivity contribution < 1.29 is 18.1 Å². The van der Waals surface area contributed by atoms with Gasteiger partial charge in [0.2, 0.25) is 5.91 Å². The Morgan fingerprint density at radius 2 is 1.88 bits per heavy atom.